The zero-order chi connectivity index (χ0) is 13.5. The van der Waals surface area contributed by atoms with Gasteiger partial charge in [-0.3, -0.25) is 0 Å². The predicted octanol–water partition coefficient (Wildman–Crippen LogP) is 6.59. The van der Waals surface area contributed by atoms with Crippen LogP contribution in [0.5, 0.6) is 0 Å². The third-order valence-electron chi connectivity index (χ3n) is 3.50. The van der Waals surface area contributed by atoms with Gasteiger partial charge in [-0.05, 0) is 24.7 Å². The zero-order valence-corrected chi connectivity index (χ0v) is 13.8. The van der Waals surface area contributed by atoms with Crippen LogP contribution in [0.25, 0.3) is 0 Å². The molecule has 0 amide bonds. The molecule has 0 heterocycles. The number of hydrogen-bond acceptors (Lipinski definition) is 0. The van der Waals surface area contributed by atoms with Crippen LogP contribution in [0.15, 0.2) is 0 Å². The molecule has 0 aromatic carbocycles. The first-order valence-corrected chi connectivity index (χ1v) is 7.83. The van der Waals surface area contributed by atoms with Gasteiger partial charge in [0.1, 0.15) is 4.33 Å². The lowest BCUT2D eigenvalue weighted by Gasteiger charge is -2.37. The van der Waals surface area contributed by atoms with Gasteiger partial charge in [0.2, 0.25) is 0 Å². The molecule has 0 aliphatic heterocycles. The standard InChI is InChI=1S/C15H30Cl2/c1-6-7-8-9-10-11-12-13(14(2,3)4)15(5,16)17/h13H,6-12H2,1-5H3. The van der Waals surface area contributed by atoms with Crippen molar-refractivity contribution in [2.75, 3.05) is 0 Å². The van der Waals surface area contributed by atoms with E-state index in [0.717, 1.165) is 6.42 Å². The molecule has 0 spiro atoms. The fraction of sp³-hybridized carbons (Fsp3) is 1.00. The summed E-state index contributed by atoms with van der Waals surface area (Å²) in [5.74, 6) is 0.365. The average molecular weight is 281 g/mol. The summed E-state index contributed by atoms with van der Waals surface area (Å²) in [6.07, 6.45) is 9.11. The minimum Gasteiger partial charge on any atom is -0.102 e. The predicted molar refractivity (Wildman–Crippen MR) is 81.0 cm³/mol. The molecule has 0 nitrogen and oxygen atoms in total. The van der Waals surface area contributed by atoms with Crippen molar-refractivity contribution < 1.29 is 0 Å². The van der Waals surface area contributed by atoms with E-state index in [0.29, 0.717) is 5.92 Å². The fourth-order valence-electron chi connectivity index (χ4n) is 2.58. The van der Waals surface area contributed by atoms with Crippen molar-refractivity contribution in [3.05, 3.63) is 0 Å². The summed E-state index contributed by atoms with van der Waals surface area (Å²) in [6.45, 7) is 10.9. The summed E-state index contributed by atoms with van der Waals surface area (Å²) in [5, 5.41) is 0. The van der Waals surface area contributed by atoms with Crippen molar-refractivity contribution in [2.45, 2.75) is 83.9 Å². The first kappa shape index (κ1) is 17.6. The van der Waals surface area contributed by atoms with Crippen LogP contribution in [0, 0.1) is 11.3 Å². The molecule has 0 rings (SSSR count). The first-order valence-electron chi connectivity index (χ1n) is 7.07. The summed E-state index contributed by atoms with van der Waals surface area (Å²) in [5.41, 5.74) is 0.182. The van der Waals surface area contributed by atoms with E-state index in [4.69, 9.17) is 23.2 Å². The number of halogens is 2. The Morgan fingerprint density at radius 2 is 1.29 bits per heavy atom. The molecule has 0 fully saturated rings. The summed E-state index contributed by atoms with van der Waals surface area (Å²) >= 11 is 12.6. The summed E-state index contributed by atoms with van der Waals surface area (Å²) in [6, 6.07) is 0. The topological polar surface area (TPSA) is 0 Å². The minimum atomic E-state index is -0.609. The van der Waals surface area contributed by atoms with Gasteiger partial charge in [0, 0.05) is 0 Å². The molecule has 1 atom stereocenters. The molecule has 0 saturated carbocycles. The van der Waals surface area contributed by atoms with Gasteiger partial charge >= 0.3 is 0 Å². The molecule has 0 bridgehead atoms. The number of rotatable bonds is 8. The van der Waals surface area contributed by atoms with Crippen molar-refractivity contribution in [3.63, 3.8) is 0 Å². The highest BCUT2D eigenvalue weighted by molar-refractivity contribution is 6.48. The monoisotopic (exact) mass is 280 g/mol. The molecule has 17 heavy (non-hydrogen) atoms. The normalized spacial score (nSPS) is 15.0. The second-order valence-corrected chi connectivity index (χ2v) is 8.20. The molecule has 0 aliphatic rings. The lowest BCUT2D eigenvalue weighted by Crippen LogP contribution is -2.33. The van der Waals surface area contributed by atoms with Gasteiger partial charge in [-0.1, -0.05) is 66.2 Å². The molecular formula is C15H30Cl2. The molecule has 104 valence electrons. The summed E-state index contributed by atoms with van der Waals surface area (Å²) < 4.78 is -0.609. The van der Waals surface area contributed by atoms with Gasteiger partial charge in [-0.25, -0.2) is 0 Å². The second-order valence-electron chi connectivity index (χ2n) is 6.43. The highest BCUT2D eigenvalue weighted by Gasteiger charge is 2.37. The molecule has 0 saturated heterocycles. The van der Waals surface area contributed by atoms with E-state index in [-0.39, 0.29) is 5.41 Å². The van der Waals surface area contributed by atoms with Gasteiger partial charge in [-0.15, -0.1) is 23.2 Å². The molecule has 0 radical (unpaired) electrons. The molecule has 0 aromatic heterocycles. The van der Waals surface area contributed by atoms with Crippen molar-refractivity contribution in [2.24, 2.45) is 11.3 Å². The largest absolute Gasteiger partial charge is 0.118 e. The van der Waals surface area contributed by atoms with Gasteiger partial charge in [0.05, 0.1) is 0 Å². The van der Waals surface area contributed by atoms with E-state index in [2.05, 4.69) is 27.7 Å². The van der Waals surface area contributed by atoms with E-state index in [1.165, 1.54) is 38.5 Å². The number of hydrogen-bond donors (Lipinski definition) is 0. The Labute approximate surface area is 118 Å². The molecule has 0 aromatic rings. The number of alkyl halides is 2. The molecule has 2 heteroatoms. The van der Waals surface area contributed by atoms with Crippen molar-refractivity contribution >= 4 is 23.2 Å². The second kappa shape index (κ2) is 7.89. The Morgan fingerprint density at radius 1 is 0.824 bits per heavy atom. The van der Waals surface area contributed by atoms with E-state index >= 15 is 0 Å². The van der Waals surface area contributed by atoms with Crippen molar-refractivity contribution in [3.8, 4) is 0 Å². The quantitative estimate of drug-likeness (QED) is 0.347. The molecule has 1 unspecified atom stereocenters. The van der Waals surface area contributed by atoms with Gasteiger partial charge in [0.15, 0.2) is 0 Å². The van der Waals surface area contributed by atoms with Gasteiger partial charge < -0.3 is 0 Å². The highest BCUT2D eigenvalue weighted by atomic mass is 35.5. The first-order chi connectivity index (χ1) is 7.69. The Kier molecular flexibility index (Phi) is 8.16. The molecular weight excluding hydrogens is 251 g/mol. The van der Waals surface area contributed by atoms with Crippen LogP contribution >= 0.6 is 23.2 Å². The lowest BCUT2D eigenvalue weighted by molar-refractivity contribution is 0.203. The third-order valence-corrected chi connectivity index (χ3v) is 4.03. The Bertz CT molecular complexity index is 172. The molecule has 0 aliphatic carbocycles. The third kappa shape index (κ3) is 8.32. The van der Waals surface area contributed by atoms with Crippen LogP contribution in [-0.2, 0) is 0 Å². The summed E-state index contributed by atoms with van der Waals surface area (Å²) in [4.78, 5) is 0. The van der Waals surface area contributed by atoms with E-state index in [9.17, 15) is 0 Å². The lowest BCUT2D eigenvalue weighted by atomic mass is 9.75. The van der Waals surface area contributed by atoms with Gasteiger partial charge in [0.25, 0.3) is 0 Å². The maximum Gasteiger partial charge on any atom is 0.118 e. The van der Waals surface area contributed by atoms with Crippen LogP contribution in [-0.4, -0.2) is 4.33 Å². The zero-order valence-electron chi connectivity index (χ0n) is 12.3. The van der Waals surface area contributed by atoms with Crippen molar-refractivity contribution in [1.82, 2.24) is 0 Å². The maximum atomic E-state index is 6.31. The average Bonchev–Trinajstić information content (AvgIpc) is 2.12. The van der Waals surface area contributed by atoms with Crippen LogP contribution < -0.4 is 0 Å². The van der Waals surface area contributed by atoms with Crippen LogP contribution in [0.4, 0.5) is 0 Å². The van der Waals surface area contributed by atoms with E-state index in [1.54, 1.807) is 0 Å². The maximum absolute atomic E-state index is 6.31. The minimum absolute atomic E-state index is 0.182. The Hall–Kier alpha value is 0.580. The van der Waals surface area contributed by atoms with Crippen molar-refractivity contribution in [1.29, 1.82) is 0 Å². The Morgan fingerprint density at radius 3 is 1.71 bits per heavy atom. The van der Waals surface area contributed by atoms with Crippen LogP contribution in [0.1, 0.15) is 79.6 Å². The SMILES string of the molecule is CCCCCCCCC(C(C)(C)C)C(C)(Cl)Cl. The van der Waals surface area contributed by atoms with E-state index in [1.807, 2.05) is 6.92 Å². The van der Waals surface area contributed by atoms with E-state index < -0.39 is 4.33 Å². The number of unbranched alkanes of at least 4 members (excludes halogenated alkanes) is 5. The highest BCUT2D eigenvalue weighted by Crippen LogP contribution is 2.44. The molecule has 0 N–H and O–H groups in total. The fourth-order valence-corrected chi connectivity index (χ4v) is 3.45. The van der Waals surface area contributed by atoms with Crippen LogP contribution in [0.2, 0.25) is 0 Å². The van der Waals surface area contributed by atoms with Crippen LogP contribution in [0.3, 0.4) is 0 Å². The van der Waals surface area contributed by atoms with Gasteiger partial charge in [-0.2, -0.15) is 0 Å². The summed E-state index contributed by atoms with van der Waals surface area (Å²) in [7, 11) is 0. The smallest absolute Gasteiger partial charge is 0.102 e. The Balaban J connectivity index is 3.95.